The second kappa shape index (κ2) is 11.6. The van der Waals surface area contributed by atoms with Gasteiger partial charge in [0.25, 0.3) is 5.91 Å². The Kier molecular flexibility index (Phi) is 7.70. The number of nitrogens with zero attached hydrogens (tertiary/aromatic N) is 5. The molecule has 1 fully saturated rings. The van der Waals surface area contributed by atoms with Gasteiger partial charge in [-0.15, -0.1) is 0 Å². The molecule has 0 saturated carbocycles. The number of thioether (sulfide) groups is 1. The Bertz CT molecular complexity index is 1690. The van der Waals surface area contributed by atoms with E-state index in [2.05, 4.69) is 20.3 Å². The molecule has 1 amide bonds. The van der Waals surface area contributed by atoms with Crippen molar-refractivity contribution in [3.63, 3.8) is 0 Å². The molecule has 0 spiro atoms. The summed E-state index contributed by atoms with van der Waals surface area (Å²) in [5.41, 5.74) is -0.0113. The van der Waals surface area contributed by atoms with Crippen LogP contribution in [0.5, 0.6) is 0 Å². The van der Waals surface area contributed by atoms with Crippen LogP contribution in [-0.2, 0) is 5.54 Å². The summed E-state index contributed by atoms with van der Waals surface area (Å²) in [5.74, 6) is -1.54. The standard InChI is InChI=1S/C30H22ClF3N6OS/c31-21-7-9-26(35-12-21)25(34)11-18-6-8-24(33)23(10-18)30-17-40(28-36-13-22(32)14-37-28)15-20(30)16-42-29(39-30)38-27(41)19-4-2-1-3-5-19/h1-14,20H,15-17H2,(H,38,39,41)/b25-11-/t20-,30-/m1/s1. The number of benzene rings is 2. The van der Waals surface area contributed by atoms with Crippen LogP contribution in [0.1, 0.15) is 27.2 Å². The second-order valence-corrected chi connectivity index (χ2v) is 11.3. The van der Waals surface area contributed by atoms with Crippen LogP contribution in [0.15, 0.2) is 84.2 Å². The van der Waals surface area contributed by atoms with Gasteiger partial charge in [-0.2, -0.15) is 0 Å². The van der Waals surface area contributed by atoms with Crippen molar-refractivity contribution in [2.24, 2.45) is 10.9 Å². The van der Waals surface area contributed by atoms with Gasteiger partial charge >= 0.3 is 0 Å². The van der Waals surface area contributed by atoms with Crippen molar-refractivity contribution in [2.75, 3.05) is 23.7 Å². The first-order valence-corrected chi connectivity index (χ1v) is 14.3. The summed E-state index contributed by atoms with van der Waals surface area (Å²) >= 11 is 7.23. The molecule has 2 atom stereocenters. The van der Waals surface area contributed by atoms with Crippen LogP contribution < -0.4 is 10.2 Å². The van der Waals surface area contributed by atoms with Crippen LogP contribution in [0.4, 0.5) is 19.1 Å². The zero-order chi connectivity index (χ0) is 29.3. The number of aliphatic imine (C=N–C) groups is 1. The molecule has 6 rings (SSSR count). The summed E-state index contributed by atoms with van der Waals surface area (Å²) < 4.78 is 44.4. The maximum atomic E-state index is 15.7. The molecule has 7 nitrogen and oxygen atoms in total. The van der Waals surface area contributed by atoms with E-state index >= 15 is 8.78 Å². The van der Waals surface area contributed by atoms with E-state index in [1.807, 2.05) is 11.0 Å². The molecule has 4 aromatic rings. The molecule has 1 N–H and O–H groups in total. The lowest BCUT2D eigenvalue weighted by atomic mass is 9.81. The minimum absolute atomic E-state index is 0.0832. The number of amidine groups is 1. The summed E-state index contributed by atoms with van der Waals surface area (Å²) in [6.07, 6.45) is 4.74. The normalized spacial score (nSPS) is 20.2. The molecular weight excluding hydrogens is 585 g/mol. The third-order valence-electron chi connectivity index (χ3n) is 7.14. The Morgan fingerprint density at radius 1 is 1.05 bits per heavy atom. The van der Waals surface area contributed by atoms with E-state index in [9.17, 15) is 9.18 Å². The van der Waals surface area contributed by atoms with Crippen molar-refractivity contribution < 1.29 is 18.0 Å². The average molecular weight is 607 g/mol. The predicted molar refractivity (Wildman–Crippen MR) is 158 cm³/mol. The van der Waals surface area contributed by atoms with Crippen molar-refractivity contribution in [3.05, 3.63) is 118 Å². The minimum Gasteiger partial charge on any atom is -0.338 e. The number of carbonyl (C=O) groups excluding carboxylic acids is 1. The van der Waals surface area contributed by atoms with E-state index in [4.69, 9.17) is 16.6 Å². The number of aromatic nitrogens is 3. The third kappa shape index (κ3) is 5.62. The molecule has 212 valence electrons. The lowest BCUT2D eigenvalue weighted by Crippen LogP contribution is -2.43. The fraction of sp³-hybridized carbons (Fsp3) is 0.167. The Labute approximate surface area is 248 Å². The maximum absolute atomic E-state index is 15.7. The summed E-state index contributed by atoms with van der Waals surface area (Å²) in [6.45, 7) is 0.560. The monoisotopic (exact) mass is 606 g/mol. The molecule has 0 radical (unpaired) electrons. The smallest absolute Gasteiger partial charge is 0.257 e. The van der Waals surface area contributed by atoms with Gasteiger partial charge in [-0.25, -0.2) is 28.1 Å². The molecule has 2 aromatic carbocycles. The van der Waals surface area contributed by atoms with Gasteiger partial charge in [-0.1, -0.05) is 47.6 Å². The van der Waals surface area contributed by atoms with E-state index in [0.29, 0.717) is 33.6 Å². The number of amides is 1. The molecule has 0 bridgehead atoms. The third-order valence-corrected chi connectivity index (χ3v) is 8.40. The van der Waals surface area contributed by atoms with Gasteiger partial charge in [0.15, 0.2) is 11.0 Å². The van der Waals surface area contributed by atoms with Crippen LogP contribution >= 0.6 is 23.4 Å². The molecule has 2 aliphatic rings. The summed E-state index contributed by atoms with van der Waals surface area (Å²) in [6, 6.07) is 16.0. The second-order valence-electron chi connectivity index (χ2n) is 9.84. The lowest BCUT2D eigenvalue weighted by Gasteiger charge is -2.35. The molecule has 1 saturated heterocycles. The van der Waals surface area contributed by atoms with Gasteiger partial charge < -0.3 is 10.2 Å². The number of rotatable bonds is 5. The van der Waals surface area contributed by atoms with Crippen molar-refractivity contribution in [2.45, 2.75) is 5.54 Å². The Morgan fingerprint density at radius 2 is 1.83 bits per heavy atom. The molecule has 12 heteroatoms. The van der Waals surface area contributed by atoms with Gasteiger partial charge in [0.1, 0.15) is 17.2 Å². The molecule has 0 aliphatic carbocycles. The molecule has 4 heterocycles. The van der Waals surface area contributed by atoms with Crippen molar-refractivity contribution >= 4 is 52.3 Å². The Balaban J connectivity index is 1.41. The zero-order valence-corrected chi connectivity index (χ0v) is 23.4. The highest BCUT2D eigenvalue weighted by Crippen LogP contribution is 2.47. The van der Waals surface area contributed by atoms with E-state index < -0.39 is 23.0 Å². The lowest BCUT2D eigenvalue weighted by molar-refractivity contribution is 0.0977. The number of hydrogen-bond donors (Lipinski definition) is 1. The summed E-state index contributed by atoms with van der Waals surface area (Å²) in [5, 5.41) is 3.57. The van der Waals surface area contributed by atoms with Crippen molar-refractivity contribution in [1.82, 2.24) is 20.3 Å². The fourth-order valence-electron chi connectivity index (χ4n) is 5.12. The number of hydrogen-bond acceptors (Lipinski definition) is 7. The van der Waals surface area contributed by atoms with Crippen molar-refractivity contribution in [1.29, 1.82) is 0 Å². The number of fused-ring (bicyclic) bond motifs is 1. The Morgan fingerprint density at radius 3 is 2.57 bits per heavy atom. The predicted octanol–water partition coefficient (Wildman–Crippen LogP) is 6.14. The number of halogens is 4. The average Bonchev–Trinajstić information content (AvgIpc) is 3.39. The Hall–Kier alpha value is -4.22. The van der Waals surface area contributed by atoms with Crippen molar-refractivity contribution in [3.8, 4) is 0 Å². The van der Waals surface area contributed by atoms with E-state index in [-0.39, 0.29) is 35.6 Å². The minimum atomic E-state index is -1.18. The van der Waals surface area contributed by atoms with Crippen LogP contribution in [-0.4, -0.2) is 44.9 Å². The first-order chi connectivity index (χ1) is 20.3. The number of anilines is 1. The number of carbonyl (C=O) groups is 1. The SMILES string of the molecule is O=C(NC1=N[C@]2(c3cc(/C=C(\F)c4ccc(Cl)cn4)ccc3F)CN(c3ncc(F)cn3)C[C@@H]2CS1)c1ccccc1. The van der Waals surface area contributed by atoms with Crippen LogP contribution in [0.25, 0.3) is 11.9 Å². The van der Waals surface area contributed by atoms with Crippen LogP contribution in [0.3, 0.4) is 0 Å². The molecular formula is C30H22ClF3N6OS. The highest BCUT2D eigenvalue weighted by Gasteiger charge is 2.52. The van der Waals surface area contributed by atoms with Gasteiger partial charge in [0, 0.05) is 35.5 Å². The first-order valence-electron chi connectivity index (χ1n) is 12.9. The molecule has 0 unspecified atom stereocenters. The van der Waals surface area contributed by atoms with E-state index in [0.717, 1.165) is 12.4 Å². The number of pyridine rings is 1. The van der Waals surface area contributed by atoms with Gasteiger partial charge in [0.05, 0.1) is 29.7 Å². The van der Waals surface area contributed by atoms with Gasteiger partial charge in [0.2, 0.25) is 5.95 Å². The van der Waals surface area contributed by atoms with Gasteiger partial charge in [-0.3, -0.25) is 9.78 Å². The zero-order valence-electron chi connectivity index (χ0n) is 21.8. The van der Waals surface area contributed by atoms with Crippen LogP contribution in [0.2, 0.25) is 5.02 Å². The molecule has 2 aliphatic heterocycles. The highest BCUT2D eigenvalue weighted by molar-refractivity contribution is 8.13. The van der Waals surface area contributed by atoms with E-state index in [1.165, 1.54) is 48.3 Å². The van der Waals surface area contributed by atoms with Crippen LogP contribution in [0, 0.1) is 17.6 Å². The largest absolute Gasteiger partial charge is 0.338 e. The summed E-state index contributed by atoms with van der Waals surface area (Å²) in [4.78, 5) is 32.0. The summed E-state index contributed by atoms with van der Waals surface area (Å²) in [7, 11) is 0. The fourth-order valence-corrected chi connectivity index (χ4v) is 6.37. The van der Waals surface area contributed by atoms with Gasteiger partial charge in [-0.05, 0) is 48.0 Å². The topological polar surface area (TPSA) is 83.4 Å². The first kappa shape index (κ1) is 27.9. The molecule has 2 aromatic heterocycles. The van der Waals surface area contributed by atoms with E-state index in [1.54, 1.807) is 30.3 Å². The highest BCUT2D eigenvalue weighted by atomic mass is 35.5. The number of nitrogens with one attached hydrogen (secondary N) is 1. The maximum Gasteiger partial charge on any atom is 0.257 e. The molecule has 42 heavy (non-hydrogen) atoms. The quantitative estimate of drug-likeness (QED) is 0.294.